The molecule has 1 atom stereocenters. The molecular weight excluding hydrogens is 358 g/mol. The van der Waals surface area contributed by atoms with Crippen LogP contribution in [0.5, 0.6) is 5.75 Å². The number of thioether (sulfide) groups is 1. The molecule has 0 aliphatic carbocycles. The summed E-state index contributed by atoms with van der Waals surface area (Å²) < 4.78 is 5.42. The summed E-state index contributed by atoms with van der Waals surface area (Å²) in [5.74, 6) is 0.584. The first-order valence-electron chi connectivity index (χ1n) is 8.88. The number of hydrogen-bond acceptors (Lipinski definition) is 5. The molecule has 0 unspecified atom stereocenters. The molecule has 140 valence electrons. The number of benzene rings is 2. The molecular formula is C21H23N3O2S. The summed E-state index contributed by atoms with van der Waals surface area (Å²) in [5.41, 5.74) is 1.58. The molecule has 0 saturated carbocycles. The summed E-state index contributed by atoms with van der Waals surface area (Å²) in [6.45, 7) is 2.53. The molecule has 0 N–H and O–H groups in total. The van der Waals surface area contributed by atoms with E-state index in [2.05, 4.69) is 11.0 Å². The smallest absolute Gasteiger partial charge is 0.257 e. The van der Waals surface area contributed by atoms with E-state index >= 15 is 0 Å². The molecule has 3 rings (SSSR count). The van der Waals surface area contributed by atoms with Gasteiger partial charge in [-0.15, -0.1) is 11.8 Å². The highest BCUT2D eigenvalue weighted by Gasteiger charge is 2.28. The Hall–Kier alpha value is -2.49. The average Bonchev–Trinajstić information content (AvgIpc) is 2.74. The number of nitriles is 1. The van der Waals surface area contributed by atoms with Crippen LogP contribution in [0.2, 0.25) is 0 Å². The number of carbonyl (C=O) groups is 1. The zero-order valence-electron chi connectivity index (χ0n) is 15.6. The number of hydrogen-bond donors (Lipinski definition) is 0. The van der Waals surface area contributed by atoms with E-state index in [9.17, 15) is 10.1 Å². The summed E-state index contributed by atoms with van der Waals surface area (Å²) in [4.78, 5) is 18.0. The van der Waals surface area contributed by atoms with Crippen molar-refractivity contribution in [2.45, 2.75) is 10.9 Å². The van der Waals surface area contributed by atoms with Crippen LogP contribution in [0.4, 0.5) is 0 Å². The molecule has 0 spiro atoms. The maximum atomic E-state index is 13.0. The van der Waals surface area contributed by atoms with Crippen LogP contribution in [0.3, 0.4) is 0 Å². The quantitative estimate of drug-likeness (QED) is 0.743. The monoisotopic (exact) mass is 381 g/mol. The summed E-state index contributed by atoms with van der Waals surface area (Å²) in [7, 11) is 1.59. The Bertz CT molecular complexity index is 827. The first-order chi connectivity index (χ1) is 13.2. The third kappa shape index (κ3) is 4.26. The summed E-state index contributed by atoms with van der Waals surface area (Å²) in [6.07, 6.45) is 1.99. The third-order valence-electron chi connectivity index (χ3n) is 4.84. The number of amides is 1. The summed E-state index contributed by atoms with van der Waals surface area (Å²) in [5, 5.41) is 9.61. The topological polar surface area (TPSA) is 56.6 Å². The van der Waals surface area contributed by atoms with Crippen LogP contribution in [0.1, 0.15) is 22.0 Å². The summed E-state index contributed by atoms with van der Waals surface area (Å²) >= 11 is 1.62. The lowest BCUT2D eigenvalue weighted by atomic mass is 10.1. The predicted molar refractivity (Wildman–Crippen MR) is 107 cm³/mol. The largest absolute Gasteiger partial charge is 0.496 e. The van der Waals surface area contributed by atoms with E-state index in [1.165, 1.54) is 0 Å². The fourth-order valence-corrected chi connectivity index (χ4v) is 3.76. The molecule has 27 heavy (non-hydrogen) atoms. The molecule has 0 bridgehead atoms. The first-order valence-corrected chi connectivity index (χ1v) is 10.1. The minimum Gasteiger partial charge on any atom is -0.496 e. The Morgan fingerprint density at radius 2 is 1.85 bits per heavy atom. The number of ether oxygens (including phenoxy) is 1. The lowest BCUT2D eigenvalue weighted by molar-refractivity contribution is 0.0603. The van der Waals surface area contributed by atoms with E-state index in [-0.39, 0.29) is 11.9 Å². The van der Waals surface area contributed by atoms with Crippen LogP contribution >= 0.6 is 11.8 Å². The van der Waals surface area contributed by atoms with Crippen molar-refractivity contribution < 1.29 is 9.53 Å². The normalized spacial score (nSPS) is 15.8. The van der Waals surface area contributed by atoms with Crippen molar-refractivity contribution in [1.29, 1.82) is 5.26 Å². The minimum absolute atomic E-state index is 0.0210. The second-order valence-corrected chi connectivity index (χ2v) is 7.22. The van der Waals surface area contributed by atoms with Gasteiger partial charge in [-0.1, -0.05) is 30.3 Å². The molecule has 1 aliphatic rings. The van der Waals surface area contributed by atoms with Crippen molar-refractivity contribution >= 4 is 17.7 Å². The van der Waals surface area contributed by atoms with Crippen LogP contribution in [0, 0.1) is 11.3 Å². The van der Waals surface area contributed by atoms with E-state index in [0.717, 1.165) is 10.5 Å². The molecule has 0 aromatic heterocycles. The van der Waals surface area contributed by atoms with Crippen molar-refractivity contribution in [3.63, 3.8) is 0 Å². The summed E-state index contributed by atoms with van der Waals surface area (Å²) in [6, 6.07) is 17.6. The van der Waals surface area contributed by atoms with E-state index in [4.69, 9.17) is 4.74 Å². The highest BCUT2D eigenvalue weighted by atomic mass is 32.2. The Morgan fingerprint density at radius 3 is 2.44 bits per heavy atom. The molecule has 1 fully saturated rings. The molecule has 1 saturated heterocycles. The van der Waals surface area contributed by atoms with Crippen molar-refractivity contribution in [2.24, 2.45) is 0 Å². The number of piperazine rings is 1. The minimum atomic E-state index is -0.279. The van der Waals surface area contributed by atoms with Gasteiger partial charge >= 0.3 is 0 Å². The van der Waals surface area contributed by atoms with Gasteiger partial charge in [0.05, 0.1) is 18.7 Å². The SMILES string of the molecule is COc1cc(SC)ccc1C(=O)N1CCN([C@@H](C#N)c2ccccc2)CC1. The molecule has 1 aliphatic heterocycles. The van der Waals surface area contributed by atoms with Crippen LogP contribution < -0.4 is 4.74 Å². The van der Waals surface area contributed by atoms with Crippen molar-refractivity contribution in [3.05, 3.63) is 59.7 Å². The van der Waals surface area contributed by atoms with E-state index in [1.807, 2.05) is 59.7 Å². The van der Waals surface area contributed by atoms with Gasteiger partial charge in [-0.2, -0.15) is 5.26 Å². The number of carbonyl (C=O) groups excluding carboxylic acids is 1. The third-order valence-corrected chi connectivity index (χ3v) is 5.57. The zero-order valence-corrected chi connectivity index (χ0v) is 16.4. The second kappa shape index (κ2) is 8.94. The van der Waals surface area contributed by atoms with Crippen molar-refractivity contribution in [1.82, 2.24) is 9.80 Å². The van der Waals surface area contributed by atoms with E-state index in [0.29, 0.717) is 37.5 Å². The first kappa shape index (κ1) is 19.3. The van der Waals surface area contributed by atoms with Crippen LogP contribution in [-0.2, 0) is 0 Å². The van der Waals surface area contributed by atoms with Gasteiger partial charge < -0.3 is 9.64 Å². The molecule has 0 radical (unpaired) electrons. The lowest BCUT2D eigenvalue weighted by Gasteiger charge is -2.37. The maximum Gasteiger partial charge on any atom is 0.257 e. The fourth-order valence-electron chi connectivity index (χ4n) is 3.33. The Morgan fingerprint density at radius 1 is 1.15 bits per heavy atom. The fraction of sp³-hybridized carbons (Fsp3) is 0.333. The van der Waals surface area contributed by atoms with E-state index in [1.54, 1.807) is 18.9 Å². The molecule has 1 heterocycles. The predicted octanol–water partition coefficient (Wildman–Crippen LogP) is 3.44. The Labute approximate surface area is 164 Å². The standard InChI is InChI=1S/C21H23N3O2S/c1-26-20-14-17(27-2)8-9-18(20)21(25)24-12-10-23(11-13-24)19(15-22)16-6-4-3-5-7-16/h3-9,14,19H,10-13H2,1-2H3/t19-/m0/s1. The highest BCUT2D eigenvalue weighted by molar-refractivity contribution is 7.98. The van der Waals surface area contributed by atoms with Gasteiger partial charge in [0.15, 0.2) is 0 Å². The molecule has 2 aromatic rings. The van der Waals surface area contributed by atoms with E-state index < -0.39 is 0 Å². The number of rotatable bonds is 5. The maximum absolute atomic E-state index is 13.0. The zero-order chi connectivity index (χ0) is 19.2. The Kier molecular flexibility index (Phi) is 6.38. The molecule has 2 aromatic carbocycles. The number of methoxy groups -OCH3 is 1. The average molecular weight is 382 g/mol. The van der Waals surface area contributed by atoms with Crippen LogP contribution in [-0.4, -0.2) is 55.3 Å². The van der Waals surface area contributed by atoms with Gasteiger partial charge in [0.2, 0.25) is 0 Å². The van der Waals surface area contributed by atoms with Gasteiger partial charge in [-0.05, 0) is 30.0 Å². The lowest BCUT2D eigenvalue weighted by Crippen LogP contribution is -2.49. The van der Waals surface area contributed by atoms with Crippen molar-refractivity contribution in [3.8, 4) is 11.8 Å². The number of nitrogens with zero attached hydrogens (tertiary/aromatic N) is 3. The van der Waals surface area contributed by atoms with Gasteiger partial charge in [-0.25, -0.2) is 0 Å². The molecule has 1 amide bonds. The van der Waals surface area contributed by atoms with Gasteiger partial charge in [0.25, 0.3) is 5.91 Å². The second-order valence-electron chi connectivity index (χ2n) is 6.34. The van der Waals surface area contributed by atoms with Crippen LogP contribution in [0.15, 0.2) is 53.4 Å². The van der Waals surface area contributed by atoms with Gasteiger partial charge in [0.1, 0.15) is 11.8 Å². The van der Waals surface area contributed by atoms with Crippen molar-refractivity contribution in [2.75, 3.05) is 39.5 Å². The highest BCUT2D eigenvalue weighted by Crippen LogP contribution is 2.27. The molecule has 6 heteroatoms. The Balaban J connectivity index is 1.69. The van der Waals surface area contributed by atoms with Gasteiger partial charge in [-0.3, -0.25) is 9.69 Å². The molecule has 5 nitrogen and oxygen atoms in total. The van der Waals surface area contributed by atoms with Gasteiger partial charge in [0, 0.05) is 31.1 Å². The van der Waals surface area contributed by atoms with Crippen LogP contribution in [0.25, 0.3) is 0 Å².